The van der Waals surface area contributed by atoms with Gasteiger partial charge in [0.2, 0.25) is 5.91 Å². The van der Waals surface area contributed by atoms with Crippen molar-refractivity contribution in [3.63, 3.8) is 0 Å². The minimum atomic E-state index is -0.377. The Hall–Kier alpha value is -2.74. The molecule has 1 atom stereocenters. The number of carbonyl (C=O) groups excluding carboxylic acids is 2. The van der Waals surface area contributed by atoms with Crippen molar-refractivity contribution >= 4 is 23.3 Å². The number of rotatable bonds is 9. The van der Waals surface area contributed by atoms with Gasteiger partial charge in [-0.2, -0.15) is 0 Å². The summed E-state index contributed by atoms with van der Waals surface area (Å²) >= 11 is 1.72. The maximum atomic E-state index is 13.6. The lowest BCUT2D eigenvalue weighted by molar-refractivity contribution is -0.135. The summed E-state index contributed by atoms with van der Waals surface area (Å²) < 4.78 is 11.6. The number of carbonyl (C=O) groups is 2. The van der Waals surface area contributed by atoms with Gasteiger partial charge in [-0.25, -0.2) is 4.79 Å². The first-order valence-electron chi connectivity index (χ1n) is 12.3. The molecule has 1 aromatic carbocycles. The number of nitrogens with one attached hydrogen (secondary N) is 1. The number of methoxy groups -OCH3 is 1. The van der Waals surface area contributed by atoms with Crippen LogP contribution in [0.3, 0.4) is 0 Å². The highest BCUT2D eigenvalue weighted by molar-refractivity contribution is 7.10. The molecule has 0 aliphatic carbocycles. The van der Waals surface area contributed by atoms with E-state index in [1.807, 2.05) is 49.9 Å². The zero-order valence-electron chi connectivity index (χ0n) is 21.8. The first-order chi connectivity index (χ1) is 16.6. The number of para-hydroxylation sites is 2. The van der Waals surface area contributed by atoms with Crippen LogP contribution >= 0.6 is 11.3 Å². The highest BCUT2D eigenvalue weighted by Gasteiger charge is 2.34. The minimum Gasteiger partial charge on any atom is -0.493 e. The fourth-order valence-electron chi connectivity index (χ4n) is 4.10. The van der Waals surface area contributed by atoms with E-state index in [0.717, 1.165) is 18.4 Å². The van der Waals surface area contributed by atoms with E-state index in [4.69, 9.17) is 9.47 Å². The normalized spacial score (nSPS) is 15.5. The zero-order chi connectivity index (χ0) is 25.6. The van der Waals surface area contributed by atoms with Gasteiger partial charge in [0.05, 0.1) is 13.2 Å². The number of thiophene rings is 1. The standard InChI is InChI=1S/C27H39N3O4S/c1-19(2)11-14-29(26(32)28-27(3,4)5)17-25(31)30-15-12-24-20(13-16-35-24)21(30)18-34-23-10-8-7-9-22(23)33-6/h7-10,13,16,19,21H,11-12,14-15,17-18H2,1-6H3,(H,28,32)/t21-/m0/s1. The summed E-state index contributed by atoms with van der Waals surface area (Å²) in [5.74, 6) is 1.67. The van der Waals surface area contributed by atoms with Crippen molar-refractivity contribution in [3.8, 4) is 11.5 Å². The lowest BCUT2D eigenvalue weighted by Crippen LogP contribution is -2.53. The Labute approximate surface area is 213 Å². The van der Waals surface area contributed by atoms with Crippen molar-refractivity contribution in [2.24, 2.45) is 5.92 Å². The summed E-state index contributed by atoms with van der Waals surface area (Å²) in [6.07, 6.45) is 1.64. The largest absolute Gasteiger partial charge is 0.493 e. The number of hydrogen-bond acceptors (Lipinski definition) is 5. The third-order valence-electron chi connectivity index (χ3n) is 5.95. The summed E-state index contributed by atoms with van der Waals surface area (Å²) in [7, 11) is 1.62. The molecule has 0 saturated carbocycles. The number of amides is 3. The van der Waals surface area contributed by atoms with Gasteiger partial charge >= 0.3 is 6.03 Å². The molecule has 0 bridgehead atoms. The Bertz CT molecular complexity index is 998. The van der Waals surface area contributed by atoms with Crippen molar-refractivity contribution in [1.29, 1.82) is 0 Å². The van der Waals surface area contributed by atoms with Gasteiger partial charge in [0.1, 0.15) is 13.2 Å². The minimum absolute atomic E-state index is 0.0409. The van der Waals surface area contributed by atoms with Gasteiger partial charge in [0.15, 0.2) is 11.5 Å². The number of fused-ring (bicyclic) bond motifs is 1. The van der Waals surface area contributed by atoms with Crippen LogP contribution < -0.4 is 14.8 Å². The summed E-state index contributed by atoms with van der Waals surface area (Å²) in [5, 5.41) is 5.08. The predicted octanol–water partition coefficient (Wildman–Crippen LogP) is 5.12. The summed E-state index contributed by atoms with van der Waals surface area (Å²) in [5.41, 5.74) is 0.746. The molecule has 1 aromatic heterocycles. The summed E-state index contributed by atoms with van der Waals surface area (Å²) in [4.78, 5) is 31.4. The van der Waals surface area contributed by atoms with Gasteiger partial charge in [-0.1, -0.05) is 26.0 Å². The number of urea groups is 1. The smallest absolute Gasteiger partial charge is 0.318 e. The second-order valence-corrected chi connectivity index (χ2v) is 11.4. The van der Waals surface area contributed by atoms with Crippen molar-refractivity contribution in [3.05, 3.63) is 46.2 Å². The molecule has 7 nitrogen and oxygen atoms in total. The van der Waals surface area contributed by atoms with Crippen molar-refractivity contribution in [1.82, 2.24) is 15.1 Å². The van der Waals surface area contributed by atoms with Gasteiger partial charge < -0.3 is 24.6 Å². The monoisotopic (exact) mass is 501 g/mol. The average molecular weight is 502 g/mol. The molecule has 1 N–H and O–H groups in total. The van der Waals surface area contributed by atoms with Crippen LogP contribution in [0.4, 0.5) is 4.79 Å². The lowest BCUT2D eigenvalue weighted by Gasteiger charge is -2.37. The molecule has 3 rings (SSSR count). The number of nitrogens with zero attached hydrogens (tertiary/aromatic N) is 2. The van der Waals surface area contributed by atoms with Gasteiger partial charge in [-0.05, 0) is 68.7 Å². The van der Waals surface area contributed by atoms with Gasteiger partial charge in [-0.15, -0.1) is 11.3 Å². The molecule has 2 aromatic rings. The highest BCUT2D eigenvalue weighted by Crippen LogP contribution is 2.35. The second-order valence-electron chi connectivity index (χ2n) is 10.4. The fraction of sp³-hybridized carbons (Fsp3) is 0.556. The topological polar surface area (TPSA) is 71.1 Å². The van der Waals surface area contributed by atoms with Gasteiger partial charge in [0, 0.05) is 23.5 Å². The van der Waals surface area contributed by atoms with Gasteiger partial charge in [-0.3, -0.25) is 4.79 Å². The molecule has 1 aliphatic heterocycles. The van der Waals surface area contributed by atoms with Crippen molar-refractivity contribution in [2.45, 2.75) is 59.0 Å². The molecule has 8 heteroatoms. The van der Waals surface area contributed by atoms with E-state index in [-0.39, 0.29) is 30.1 Å². The lowest BCUT2D eigenvalue weighted by atomic mass is 10.0. The Morgan fingerprint density at radius 2 is 1.91 bits per heavy atom. The molecule has 0 spiro atoms. The number of hydrogen-bond donors (Lipinski definition) is 1. The van der Waals surface area contributed by atoms with Crippen LogP contribution in [-0.4, -0.2) is 60.6 Å². The SMILES string of the molecule is COc1ccccc1OC[C@H]1c2ccsc2CCN1C(=O)CN(CCC(C)C)C(=O)NC(C)(C)C. The van der Waals surface area contributed by atoms with Crippen LogP contribution in [-0.2, 0) is 11.2 Å². The van der Waals surface area contributed by atoms with Crippen LogP contribution in [0.15, 0.2) is 35.7 Å². The summed E-state index contributed by atoms with van der Waals surface area (Å²) in [6.45, 7) is 11.6. The third-order valence-corrected chi connectivity index (χ3v) is 6.95. The van der Waals surface area contributed by atoms with E-state index in [2.05, 4.69) is 30.6 Å². The van der Waals surface area contributed by atoms with Gasteiger partial charge in [0.25, 0.3) is 0 Å². The maximum Gasteiger partial charge on any atom is 0.318 e. The molecule has 0 radical (unpaired) electrons. The Balaban J connectivity index is 1.78. The van der Waals surface area contributed by atoms with Crippen molar-refractivity contribution in [2.75, 3.05) is 33.4 Å². The van der Waals surface area contributed by atoms with Crippen LogP contribution in [0.25, 0.3) is 0 Å². The van der Waals surface area contributed by atoms with Crippen LogP contribution in [0.1, 0.15) is 57.5 Å². The average Bonchev–Trinajstić information content (AvgIpc) is 3.28. The molecule has 0 unspecified atom stereocenters. The first kappa shape index (κ1) is 26.9. The molecule has 3 amide bonds. The summed E-state index contributed by atoms with van der Waals surface area (Å²) in [6, 6.07) is 9.17. The van der Waals surface area contributed by atoms with Crippen LogP contribution in [0.2, 0.25) is 0 Å². The quantitative estimate of drug-likeness (QED) is 0.518. The number of ether oxygens (including phenoxy) is 2. The molecular formula is C27H39N3O4S. The van der Waals surface area contributed by atoms with E-state index in [9.17, 15) is 9.59 Å². The zero-order valence-corrected chi connectivity index (χ0v) is 22.6. The van der Waals surface area contributed by atoms with E-state index in [1.165, 1.54) is 4.88 Å². The van der Waals surface area contributed by atoms with Crippen LogP contribution in [0.5, 0.6) is 11.5 Å². The second kappa shape index (κ2) is 11.8. The van der Waals surface area contributed by atoms with E-state index in [1.54, 1.807) is 23.3 Å². The third kappa shape index (κ3) is 7.37. The Kier molecular flexibility index (Phi) is 9.05. The van der Waals surface area contributed by atoms with E-state index < -0.39 is 0 Å². The molecule has 1 aliphatic rings. The predicted molar refractivity (Wildman–Crippen MR) is 140 cm³/mol. The Morgan fingerprint density at radius 3 is 2.57 bits per heavy atom. The molecule has 0 fully saturated rings. The molecule has 192 valence electrons. The van der Waals surface area contributed by atoms with E-state index in [0.29, 0.717) is 37.1 Å². The Morgan fingerprint density at radius 1 is 1.20 bits per heavy atom. The maximum absolute atomic E-state index is 13.6. The molecule has 0 saturated heterocycles. The molecular weight excluding hydrogens is 462 g/mol. The number of benzene rings is 1. The highest BCUT2D eigenvalue weighted by atomic mass is 32.1. The molecule has 2 heterocycles. The first-order valence-corrected chi connectivity index (χ1v) is 13.2. The van der Waals surface area contributed by atoms with Crippen molar-refractivity contribution < 1.29 is 19.1 Å². The molecule has 35 heavy (non-hydrogen) atoms. The fourth-order valence-corrected chi connectivity index (χ4v) is 5.03. The van der Waals surface area contributed by atoms with E-state index >= 15 is 0 Å². The van der Waals surface area contributed by atoms with Crippen LogP contribution in [0, 0.1) is 5.92 Å².